The van der Waals surface area contributed by atoms with Crippen molar-refractivity contribution in [1.82, 2.24) is 25.1 Å². The molecule has 1 saturated heterocycles. The number of allylic oxidation sites excluding steroid dienone is 1. The third-order valence-electron chi connectivity index (χ3n) is 9.55. The van der Waals surface area contributed by atoms with Gasteiger partial charge in [0.2, 0.25) is 12.3 Å². The minimum Gasteiger partial charge on any atom is -0.387 e. The molecule has 2 fully saturated rings. The quantitative estimate of drug-likeness (QED) is 0.212. The molecule has 1 saturated carbocycles. The van der Waals surface area contributed by atoms with E-state index in [1.165, 1.54) is 25.5 Å². The summed E-state index contributed by atoms with van der Waals surface area (Å²) in [5, 5.41) is 7.45. The number of aryl methyl sites for hydroxylation is 1. The normalized spacial score (nSPS) is 20.4. The Bertz CT molecular complexity index is 1360. The lowest BCUT2D eigenvalue weighted by Gasteiger charge is -2.39. The van der Waals surface area contributed by atoms with Gasteiger partial charge in [-0.15, -0.1) is 13.2 Å². The van der Waals surface area contributed by atoms with Crippen molar-refractivity contribution >= 4 is 29.5 Å². The van der Waals surface area contributed by atoms with Crippen LogP contribution < -0.4 is 10.6 Å². The molecule has 5 rings (SSSR count). The summed E-state index contributed by atoms with van der Waals surface area (Å²) in [6, 6.07) is 5.82. The lowest BCUT2D eigenvalue weighted by Crippen LogP contribution is -2.41. The maximum Gasteiger partial charge on any atom is 0.246 e. The van der Waals surface area contributed by atoms with Crippen LogP contribution in [0.15, 0.2) is 62.2 Å². The van der Waals surface area contributed by atoms with Crippen LogP contribution >= 0.6 is 11.6 Å². The van der Waals surface area contributed by atoms with Crippen LogP contribution in [0.5, 0.6) is 0 Å². The zero-order chi connectivity index (χ0) is 34.6. The lowest BCUT2D eigenvalue weighted by atomic mass is 9.74. The molecule has 2 N–H and O–H groups in total. The Kier molecular flexibility index (Phi) is 14.8. The minimum absolute atomic E-state index is 0.0343. The number of rotatable bonds is 11. The monoisotopic (exact) mass is 667 g/mol. The fourth-order valence-electron chi connectivity index (χ4n) is 6.66. The summed E-state index contributed by atoms with van der Waals surface area (Å²) in [6.45, 7) is 13.8. The number of piperidine rings is 1. The third kappa shape index (κ3) is 10.0. The number of fused-ring (bicyclic) bond motifs is 1. The van der Waals surface area contributed by atoms with E-state index in [0.29, 0.717) is 10.9 Å². The van der Waals surface area contributed by atoms with Gasteiger partial charge >= 0.3 is 0 Å². The number of ether oxygens (including phenoxy) is 2. The molecule has 3 unspecified atom stereocenters. The second-order valence-electron chi connectivity index (χ2n) is 12.8. The lowest BCUT2D eigenvalue weighted by molar-refractivity contribution is -0.125. The molecule has 3 atom stereocenters. The highest BCUT2D eigenvalue weighted by Crippen LogP contribution is 2.45. The molecule has 10 heteroatoms. The Morgan fingerprint density at radius 2 is 1.89 bits per heavy atom. The van der Waals surface area contributed by atoms with Crippen molar-refractivity contribution in [1.29, 1.82) is 0 Å². The number of imidazole rings is 1. The second-order valence-corrected chi connectivity index (χ2v) is 13.3. The van der Waals surface area contributed by atoms with E-state index in [-0.39, 0.29) is 30.1 Å². The van der Waals surface area contributed by atoms with Crippen LogP contribution in [-0.4, -0.2) is 72.3 Å². The Morgan fingerprint density at radius 1 is 1.19 bits per heavy atom. The molecule has 1 aromatic heterocycles. The SMILES string of the molecule is C/C=C\NC1CC=C(C(NC(=O)COC)c2cncn2C)c2cc(Cl)ccc2C1C1CCN(C=O)CC1.C=C.COC(C)(C)C1CC1. The zero-order valence-electron chi connectivity index (χ0n) is 29.0. The molecular weight excluding hydrogens is 614 g/mol. The van der Waals surface area contributed by atoms with E-state index in [4.69, 9.17) is 21.1 Å². The smallest absolute Gasteiger partial charge is 0.246 e. The number of nitrogens with one attached hydrogen (secondary N) is 2. The summed E-state index contributed by atoms with van der Waals surface area (Å²) in [7, 11) is 5.23. The van der Waals surface area contributed by atoms with Crippen molar-refractivity contribution < 1.29 is 19.1 Å². The fraction of sp³-hybridized carbons (Fsp3) is 0.541. The molecule has 9 nitrogen and oxygen atoms in total. The Hall–Kier alpha value is -3.40. The molecule has 0 bridgehead atoms. The van der Waals surface area contributed by atoms with Crippen molar-refractivity contribution in [3.05, 3.63) is 84.1 Å². The predicted octanol–water partition coefficient (Wildman–Crippen LogP) is 6.43. The van der Waals surface area contributed by atoms with E-state index in [9.17, 15) is 9.59 Å². The van der Waals surface area contributed by atoms with Gasteiger partial charge in [-0.2, -0.15) is 0 Å². The van der Waals surface area contributed by atoms with E-state index in [1.54, 1.807) is 19.6 Å². The molecule has 0 spiro atoms. The van der Waals surface area contributed by atoms with Crippen LogP contribution in [0.4, 0.5) is 0 Å². The molecule has 2 heterocycles. The number of benzene rings is 1. The molecule has 1 aliphatic heterocycles. The number of carbonyl (C=O) groups excluding carboxylic acids is 2. The highest BCUT2D eigenvalue weighted by atomic mass is 35.5. The van der Waals surface area contributed by atoms with Gasteiger partial charge in [-0.25, -0.2) is 4.98 Å². The van der Waals surface area contributed by atoms with E-state index >= 15 is 0 Å². The Balaban J connectivity index is 0.000000518. The molecule has 2 aliphatic carbocycles. The Labute approximate surface area is 286 Å². The number of methoxy groups -OCH3 is 2. The number of likely N-dealkylation sites (tertiary alicyclic amines) is 1. The first-order valence-electron chi connectivity index (χ1n) is 16.5. The molecule has 2 amide bonds. The van der Waals surface area contributed by atoms with Crippen LogP contribution in [0.3, 0.4) is 0 Å². The Morgan fingerprint density at radius 3 is 2.43 bits per heavy atom. The van der Waals surface area contributed by atoms with Crippen LogP contribution in [0.2, 0.25) is 5.02 Å². The number of aromatic nitrogens is 2. The number of nitrogens with zero attached hydrogens (tertiary/aromatic N) is 3. The van der Waals surface area contributed by atoms with Gasteiger partial charge in [0.1, 0.15) is 6.61 Å². The first-order chi connectivity index (χ1) is 22.6. The zero-order valence-corrected chi connectivity index (χ0v) is 29.8. The summed E-state index contributed by atoms with van der Waals surface area (Å²) in [4.78, 5) is 30.3. The molecule has 0 radical (unpaired) electrons. The number of amides is 2. The van der Waals surface area contributed by atoms with Gasteiger partial charge in [0.25, 0.3) is 0 Å². The van der Waals surface area contributed by atoms with E-state index in [1.807, 2.05) is 47.8 Å². The van der Waals surface area contributed by atoms with Crippen molar-refractivity contribution in [2.75, 3.05) is 33.9 Å². The summed E-state index contributed by atoms with van der Waals surface area (Å²) in [5.74, 6) is 1.23. The summed E-state index contributed by atoms with van der Waals surface area (Å²) in [6.07, 6.45) is 16.1. The van der Waals surface area contributed by atoms with Crippen LogP contribution in [-0.2, 0) is 26.1 Å². The van der Waals surface area contributed by atoms with Gasteiger partial charge in [0.05, 0.1) is 29.9 Å². The molecule has 1 aromatic carbocycles. The molecule has 47 heavy (non-hydrogen) atoms. The highest BCUT2D eigenvalue weighted by Gasteiger charge is 2.38. The summed E-state index contributed by atoms with van der Waals surface area (Å²) < 4.78 is 12.3. The van der Waals surface area contributed by atoms with Crippen LogP contribution in [0.1, 0.15) is 81.7 Å². The number of hydrogen-bond donors (Lipinski definition) is 2. The molecule has 2 aromatic rings. The van der Waals surface area contributed by atoms with Gasteiger partial charge in [0.15, 0.2) is 0 Å². The maximum absolute atomic E-state index is 12.8. The number of carbonyl (C=O) groups is 2. The fourth-order valence-corrected chi connectivity index (χ4v) is 6.84. The summed E-state index contributed by atoms with van der Waals surface area (Å²) >= 11 is 6.58. The van der Waals surface area contributed by atoms with Crippen molar-refractivity contribution in [2.45, 2.75) is 76.5 Å². The number of hydrogen-bond acceptors (Lipinski definition) is 6. The average molecular weight is 668 g/mol. The standard InChI is InChI=1S/C28H36ClN5O3.C7H14O.C2H4/c1-4-11-31-24-8-7-22(28(32-26(36)16-37-3)25-15-30-17-33(25)2)23-14-20(29)5-6-21(23)27(24)19-9-12-34(18-35)13-10-19;1-7(2,8-3)6-4-5-6;1-2/h4-7,11,14-15,17-19,24,27-28,31H,8-10,12-13,16H2,1-3H3,(H,32,36);6H,4-5H2,1-3H3;1-2H2/b11-4-;;. The average Bonchev–Trinajstić information content (AvgIpc) is 3.88. The topological polar surface area (TPSA) is 97.7 Å². The number of halogens is 1. The maximum atomic E-state index is 12.8. The van der Waals surface area contributed by atoms with Crippen molar-refractivity contribution in [3.8, 4) is 0 Å². The van der Waals surface area contributed by atoms with E-state index in [0.717, 1.165) is 61.5 Å². The minimum atomic E-state index is -0.426. The van der Waals surface area contributed by atoms with Crippen molar-refractivity contribution in [2.24, 2.45) is 18.9 Å². The van der Waals surface area contributed by atoms with Gasteiger partial charge in [-0.05, 0) is 99.7 Å². The first kappa shape index (κ1) is 38.1. The van der Waals surface area contributed by atoms with Crippen molar-refractivity contribution in [3.63, 3.8) is 0 Å². The van der Waals surface area contributed by atoms with E-state index < -0.39 is 6.04 Å². The van der Waals surface area contributed by atoms with Gasteiger partial charge < -0.3 is 29.6 Å². The molecule has 3 aliphatic rings. The highest BCUT2D eigenvalue weighted by molar-refractivity contribution is 6.30. The van der Waals surface area contributed by atoms with Crippen LogP contribution in [0, 0.1) is 11.8 Å². The summed E-state index contributed by atoms with van der Waals surface area (Å²) in [5.41, 5.74) is 4.25. The first-order valence-corrected chi connectivity index (χ1v) is 16.9. The largest absolute Gasteiger partial charge is 0.387 e. The molecular formula is C37H54ClN5O4. The van der Waals surface area contributed by atoms with Gasteiger partial charge in [-0.3, -0.25) is 9.59 Å². The van der Waals surface area contributed by atoms with E-state index in [2.05, 4.69) is 54.8 Å². The molecule has 258 valence electrons. The third-order valence-corrected chi connectivity index (χ3v) is 9.78. The van der Waals surface area contributed by atoms with Gasteiger partial charge in [0, 0.05) is 51.3 Å². The van der Waals surface area contributed by atoms with Gasteiger partial charge in [-0.1, -0.05) is 29.8 Å². The second kappa shape index (κ2) is 18.2. The predicted molar refractivity (Wildman–Crippen MR) is 190 cm³/mol. The van der Waals surface area contributed by atoms with Crippen LogP contribution in [0.25, 0.3) is 5.57 Å².